The first-order valence-corrected chi connectivity index (χ1v) is 13.0. The van der Waals surface area contributed by atoms with Crippen molar-refractivity contribution in [3.63, 3.8) is 0 Å². The molecule has 3 aromatic rings. The number of thioether (sulfide) groups is 1. The van der Waals surface area contributed by atoms with E-state index < -0.39 is 23.0 Å². The number of hydrogen-bond donors (Lipinski definition) is 2. The molecule has 0 atom stereocenters. The highest BCUT2D eigenvalue weighted by atomic mass is 32.2. The van der Waals surface area contributed by atoms with Crippen molar-refractivity contribution in [3.05, 3.63) is 70.3 Å². The number of aromatic nitrogens is 4. The maximum Gasteiger partial charge on any atom is 0.290 e. The first-order valence-electron chi connectivity index (χ1n) is 12.1. The summed E-state index contributed by atoms with van der Waals surface area (Å²) >= 11 is 0.850. The first-order chi connectivity index (χ1) is 18.9. The average Bonchev–Trinajstić information content (AvgIpc) is 3.24. The molecule has 39 heavy (non-hydrogen) atoms. The van der Waals surface area contributed by atoms with Crippen LogP contribution in [0.2, 0.25) is 0 Å². The number of pyridine rings is 2. The number of nitrogens with zero attached hydrogens (tertiary/aromatic N) is 6. The molecule has 2 amide bonds. The van der Waals surface area contributed by atoms with Crippen LogP contribution in [0.15, 0.2) is 41.6 Å². The molecule has 5 heterocycles. The molecule has 3 aromatic heterocycles. The monoisotopic (exact) mass is 548 g/mol. The minimum Gasteiger partial charge on any atom is -0.341 e. The summed E-state index contributed by atoms with van der Waals surface area (Å²) in [5, 5.41) is 14.8. The molecule has 0 radical (unpaired) electrons. The van der Waals surface area contributed by atoms with Crippen molar-refractivity contribution in [1.82, 2.24) is 30.6 Å². The van der Waals surface area contributed by atoms with E-state index in [1.165, 1.54) is 0 Å². The molecular formula is C26H22F2N8O2S. The summed E-state index contributed by atoms with van der Waals surface area (Å²) in [7, 11) is 0. The number of piperidine rings is 1. The normalized spacial score (nSPS) is 16.9. The molecule has 198 valence electrons. The third-order valence-corrected chi connectivity index (χ3v) is 7.16. The third-order valence-electron chi connectivity index (χ3n) is 6.35. The molecule has 2 saturated heterocycles. The lowest BCUT2D eigenvalue weighted by molar-refractivity contribution is -0.115. The van der Waals surface area contributed by atoms with Crippen molar-refractivity contribution in [2.75, 3.05) is 24.5 Å². The zero-order valence-electron chi connectivity index (χ0n) is 20.5. The van der Waals surface area contributed by atoms with E-state index in [2.05, 4.69) is 35.5 Å². The van der Waals surface area contributed by atoms with Crippen molar-refractivity contribution < 1.29 is 18.4 Å². The zero-order valence-corrected chi connectivity index (χ0v) is 21.3. The van der Waals surface area contributed by atoms with E-state index in [0.717, 1.165) is 61.9 Å². The van der Waals surface area contributed by atoms with Gasteiger partial charge in [-0.2, -0.15) is 19.0 Å². The smallest absolute Gasteiger partial charge is 0.290 e. The Labute approximate surface area is 226 Å². The molecule has 2 aliphatic rings. The van der Waals surface area contributed by atoms with Crippen molar-refractivity contribution >= 4 is 34.9 Å². The lowest BCUT2D eigenvalue weighted by Crippen LogP contribution is -2.38. The van der Waals surface area contributed by atoms with Crippen LogP contribution in [0.1, 0.15) is 29.7 Å². The summed E-state index contributed by atoms with van der Waals surface area (Å²) in [5.41, 5.74) is 1.94. The van der Waals surface area contributed by atoms with Crippen LogP contribution in [0.25, 0.3) is 17.3 Å². The standard InChI is InChI=1S/C26H22F2N8O2S/c27-21-8-17(9-22(28)34-21)23-18(11-29)7-16(14-32-23)13-30-12-15-2-5-36(6-3-15)25-31-4-1-19(33-25)10-20-24(37)35-26(38)39-20/h1,4,7-10,14-15,30H,2-3,5-6,12-13H2,(H,35,37,38)/b20-10-. The Bertz CT molecular complexity index is 1480. The number of carbonyl (C=O) groups is 2. The van der Waals surface area contributed by atoms with Crippen LogP contribution in [-0.2, 0) is 11.3 Å². The van der Waals surface area contributed by atoms with E-state index in [9.17, 15) is 23.6 Å². The lowest BCUT2D eigenvalue weighted by Gasteiger charge is -2.32. The summed E-state index contributed by atoms with van der Waals surface area (Å²) in [5.74, 6) is -1.36. The topological polar surface area (TPSA) is 137 Å². The van der Waals surface area contributed by atoms with Gasteiger partial charge in [-0.25, -0.2) is 9.97 Å². The van der Waals surface area contributed by atoms with Gasteiger partial charge in [0.2, 0.25) is 17.8 Å². The molecule has 0 aromatic carbocycles. The molecule has 2 fully saturated rings. The first kappa shape index (κ1) is 26.3. The number of nitriles is 1. The Morgan fingerprint density at radius 3 is 2.62 bits per heavy atom. The fourth-order valence-electron chi connectivity index (χ4n) is 4.43. The van der Waals surface area contributed by atoms with Gasteiger partial charge in [-0.3, -0.25) is 19.9 Å². The molecule has 5 rings (SSSR count). The number of carbonyl (C=O) groups excluding carboxylic acids is 2. The van der Waals surface area contributed by atoms with Gasteiger partial charge in [-0.1, -0.05) is 0 Å². The van der Waals surface area contributed by atoms with Gasteiger partial charge in [0.1, 0.15) is 6.07 Å². The van der Waals surface area contributed by atoms with Crippen LogP contribution >= 0.6 is 11.8 Å². The van der Waals surface area contributed by atoms with Gasteiger partial charge >= 0.3 is 0 Å². The summed E-state index contributed by atoms with van der Waals surface area (Å²) in [6.45, 7) is 2.81. The van der Waals surface area contributed by atoms with Crippen molar-refractivity contribution in [2.45, 2.75) is 19.4 Å². The van der Waals surface area contributed by atoms with Gasteiger partial charge in [0.15, 0.2) is 0 Å². The highest BCUT2D eigenvalue weighted by Gasteiger charge is 2.26. The fraction of sp³-hybridized carbons (Fsp3) is 0.269. The summed E-state index contributed by atoms with van der Waals surface area (Å²) in [6, 6.07) is 7.50. The highest BCUT2D eigenvalue weighted by molar-refractivity contribution is 8.18. The molecule has 0 unspecified atom stereocenters. The van der Waals surface area contributed by atoms with E-state index in [0.29, 0.717) is 29.0 Å². The Kier molecular flexibility index (Phi) is 7.85. The van der Waals surface area contributed by atoms with E-state index in [1.807, 2.05) is 6.07 Å². The van der Waals surface area contributed by atoms with Crippen LogP contribution in [-0.4, -0.2) is 50.7 Å². The number of nitrogens with one attached hydrogen (secondary N) is 2. The number of anilines is 1. The van der Waals surface area contributed by atoms with E-state index in [1.54, 1.807) is 30.6 Å². The quantitative estimate of drug-likeness (QED) is 0.334. The van der Waals surface area contributed by atoms with Crippen molar-refractivity contribution in [2.24, 2.45) is 5.92 Å². The van der Waals surface area contributed by atoms with Crippen molar-refractivity contribution in [3.8, 4) is 17.3 Å². The molecule has 10 nitrogen and oxygen atoms in total. The molecule has 0 bridgehead atoms. The molecule has 0 aliphatic carbocycles. The Hall–Kier alpha value is -4.28. The fourth-order valence-corrected chi connectivity index (χ4v) is 5.10. The number of hydrogen-bond acceptors (Lipinski definition) is 10. The van der Waals surface area contributed by atoms with Gasteiger partial charge in [-0.05, 0) is 60.8 Å². The summed E-state index contributed by atoms with van der Waals surface area (Å²) < 4.78 is 27.0. The SMILES string of the molecule is N#Cc1cc(CNCC2CCN(c3nccc(/C=C4\SC(=O)NC4=O)n3)CC2)cnc1-c1cc(F)nc(F)c1. The number of amides is 2. The predicted octanol–water partition coefficient (Wildman–Crippen LogP) is 3.41. The molecular weight excluding hydrogens is 526 g/mol. The van der Waals surface area contributed by atoms with Crippen LogP contribution in [0.5, 0.6) is 0 Å². The lowest BCUT2D eigenvalue weighted by atomic mass is 9.97. The van der Waals surface area contributed by atoms with Crippen LogP contribution in [0, 0.1) is 29.1 Å². The van der Waals surface area contributed by atoms with Crippen LogP contribution in [0.3, 0.4) is 0 Å². The number of halogens is 2. The molecule has 2 N–H and O–H groups in total. The molecule has 0 spiro atoms. The molecule has 0 saturated carbocycles. The van der Waals surface area contributed by atoms with Gasteiger partial charge < -0.3 is 10.2 Å². The Balaban J connectivity index is 1.13. The van der Waals surface area contributed by atoms with Gasteiger partial charge in [0, 0.05) is 49.7 Å². The zero-order chi connectivity index (χ0) is 27.4. The second kappa shape index (κ2) is 11.6. The second-order valence-electron chi connectivity index (χ2n) is 9.05. The second-order valence-corrected chi connectivity index (χ2v) is 10.1. The third kappa shape index (κ3) is 6.42. The maximum atomic E-state index is 13.5. The molecule has 2 aliphatic heterocycles. The van der Waals surface area contributed by atoms with Crippen LogP contribution in [0.4, 0.5) is 19.5 Å². The average molecular weight is 549 g/mol. The minimum absolute atomic E-state index is 0.159. The van der Waals surface area contributed by atoms with Gasteiger partial charge in [0.25, 0.3) is 11.1 Å². The van der Waals surface area contributed by atoms with E-state index in [4.69, 9.17) is 0 Å². The van der Waals surface area contributed by atoms with Gasteiger partial charge in [-0.15, -0.1) is 0 Å². The number of imide groups is 1. The predicted molar refractivity (Wildman–Crippen MR) is 140 cm³/mol. The highest BCUT2D eigenvalue weighted by Crippen LogP contribution is 2.26. The minimum atomic E-state index is -0.973. The maximum absolute atomic E-state index is 13.5. The molecule has 13 heteroatoms. The van der Waals surface area contributed by atoms with E-state index in [-0.39, 0.29) is 16.8 Å². The van der Waals surface area contributed by atoms with Gasteiger partial charge in [0.05, 0.1) is 21.9 Å². The summed E-state index contributed by atoms with van der Waals surface area (Å²) in [6.07, 6.45) is 6.66. The Morgan fingerprint density at radius 2 is 1.92 bits per heavy atom. The van der Waals surface area contributed by atoms with Crippen molar-refractivity contribution in [1.29, 1.82) is 5.26 Å². The van der Waals surface area contributed by atoms with E-state index >= 15 is 0 Å². The Morgan fingerprint density at radius 1 is 1.15 bits per heavy atom. The van der Waals surface area contributed by atoms with Crippen LogP contribution < -0.4 is 15.5 Å². The number of rotatable bonds is 7. The largest absolute Gasteiger partial charge is 0.341 e. The summed E-state index contributed by atoms with van der Waals surface area (Å²) in [4.78, 5) is 41.8.